The molecule has 36 heavy (non-hydrogen) atoms. The highest BCUT2D eigenvalue weighted by atomic mass is 16.5. The van der Waals surface area contributed by atoms with Crippen LogP contribution in [0.1, 0.15) is 42.7 Å². The zero-order chi connectivity index (χ0) is 24.5. The van der Waals surface area contributed by atoms with Gasteiger partial charge in [-0.15, -0.1) is 0 Å². The van der Waals surface area contributed by atoms with E-state index in [0.29, 0.717) is 13.1 Å². The monoisotopic (exact) mass is 481 g/mol. The normalized spacial score (nSPS) is 17.8. The van der Waals surface area contributed by atoms with Crippen molar-refractivity contribution < 1.29 is 14.3 Å². The molecule has 2 aliphatic heterocycles. The maximum atomic E-state index is 13.8. The van der Waals surface area contributed by atoms with Gasteiger partial charge in [0.25, 0.3) is 0 Å². The fourth-order valence-electron chi connectivity index (χ4n) is 5.73. The van der Waals surface area contributed by atoms with Crippen molar-refractivity contribution in [2.75, 3.05) is 36.4 Å². The largest absolute Gasteiger partial charge is 0.457 e. The minimum atomic E-state index is -0.347. The summed E-state index contributed by atoms with van der Waals surface area (Å²) in [6.45, 7) is 2.87. The van der Waals surface area contributed by atoms with Crippen LogP contribution in [0.25, 0.3) is 0 Å². The molecule has 0 spiro atoms. The number of carbonyl (C=O) groups is 2. The lowest BCUT2D eigenvalue weighted by Gasteiger charge is -2.38. The van der Waals surface area contributed by atoms with Gasteiger partial charge in [-0.2, -0.15) is 0 Å². The molecule has 3 aromatic rings. The number of nitrogens with one attached hydrogen (secondary N) is 1. The molecule has 0 radical (unpaired) electrons. The number of ether oxygens (including phenoxy) is 1. The molecule has 6 nitrogen and oxygen atoms in total. The van der Waals surface area contributed by atoms with Crippen molar-refractivity contribution >= 4 is 23.2 Å². The second-order valence-electron chi connectivity index (χ2n) is 9.94. The molecule has 1 saturated carbocycles. The van der Waals surface area contributed by atoms with E-state index in [2.05, 4.69) is 22.3 Å². The third-order valence-corrected chi connectivity index (χ3v) is 7.74. The molecule has 184 valence electrons. The van der Waals surface area contributed by atoms with Gasteiger partial charge in [-0.1, -0.05) is 49.2 Å². The van der Waals surface area contributed by atoms with E-state index in [-0.39, 0.29) is 23.7 Å². The number of fused-ring (bicyclic) bond motifs is 2. The predicted molar refractivity (Wildman–Crippen MR) is 141 cm³/mol. The minimum absolute atomic E-state index is 0.128. The van der Waals surface area contributed by atoms with E-state index in [0.717, 1.165) is 72.8 Å². The van der Waals surface area contributed by atoms with Crippen LogP contribution in [0.3, 0.4) is 0 Å². The number of carbonyl (C=O) groups excluding carboxylic acids is 2. The summed E-state index contributed by atoms with van der Waals surface area (Å²) in [6, 6.07) is 23.8. The first-order valence-corrected chi connectivity index (χ1v) is 13.0. The molecule has 2 heterocycles. The molecular formula is C30H31N3O3. The van der Waals surface area contributed by atoms with E-state index < -0.39 is 0 Å². The Morgan fingerprint density at radius 1 is 0.750 bits per heavy atom. The number of para-hydroxylation sites is 2. The molecule has 0 aromatic heterocycles. The van der Waals surface area contributed by atoms with Gasteiger partial charge in [0.05, 0.1) is 5.92 Å². The third-order valence-electron chi connectivity index (χ3n) is 7.74. The summed E-state index contributed by atoms with van der Waals surface area (Å²) in [5.41, 5.74) is 3.82. The van der Waals surface area contributed by atoms with Crippen LogP contribution in [-0.2, 0) is 9.59 Å². The molecule has 1 saturated heterocycles. The van der Waals surface area contributed by atoms with E-state index in [1.54, 1.807) is 0 Å². The Morgan fingerprint density at radius 3 is 1.94 bits per heavy atom. The van der Waals surface area contributed by atoms with Crippen LogP contribution in [0, 0.1) is 5.92 Å². The molecule has 6 rings (SSSR count). The number of amides is 2. The van der Waals surface area contributed by atoms with Crippen LogP contribution in [-0.4, -0.2) is 42.9 Å². The van der Waals surface area contributed by atoms with E-state index in [9.17, 15) is 9.59 Å². The standard InChI is InChI=1S/C30H31N3O3/c34-29(21-7-1-2-8-21)31-22-13-15-23(16-14-22)32-17-19-33(20-18-32)30(35)28-24-9-3-5-11-26(24)36-27-12-6-4-10-25(27)28/h3-6,9-16,21,28H,1-2,7-8,17-20H2,(H,31,34). The van der Waals surface area contributed by atoms with Gasteiger partial charge in [-0.25, -0.2) is 0 Å². The maximum absolute atomic E-state index is 13.8. The summed E-state index contributed by atoms with van der Waals surface area (Å²) in [4.78, 5) is 30.5. The van der Waals surface area contributed by atoms with E-state index in [1.807, 2.05) is 65.6 Å². The van der Waals surface area contributed by atoms with Gasteiger partial charge in [-0.05, 0) is 49.2 Å². The summed E-state index contributed by atoms with van der Waals surface area (Å²) in [7, 11) is 0. The van der Waals surface area contributed by atoms with Crippen molar-refractivity contribution in [2.45, 2.75) is 31.6 Å². The maximum Gasteiger partial charge on any atom is 0.234 e. The van der Waals surface area contributed by atoms with Crippen molar-refractivity contribution in [3.05, 3.63) is 83.9 Å². The van der Waals surface area contributed by atoms with Gasteiger partial charge in [0.2, 0.25) is 11.8 Å². The topological polar surface area (TPSA) is 61.9 Å². The Hall–Kier alpha value is -3.80. The number of rotatable bonds is 4. The summed E-state index contributed by atoms with van der Waals surface area (Å²) in [5, 5.41) is 3.07. The number of hydrogen-bond acceptors (Lipinski definition) is 4. The van der Waals surface area contributed by atoms with E-state index in [4.69, 9.17) is 4.74 Å². The lowest BCUT2D eigenvalue weighted by molar-refractivity contribution is -0.132. The van der Waals surface area contributed by atoms with Crippen LogP contribution >= 0.6 is 0 Å². The Morgan fingerprint density at radius 2 is 1.33 bits per heavy atom. The first-order valence-electron chi connectivity index (χ1n) is 13.0. The van der Waals surface area contributed by atoms with Crippen LogP contribution in [0.4, 0.5) is 11.4 Å². The van der Waals surface area contributed by atoms with E-state index >= 15 is 0 Å². The van der Waals surface area contributed by atoms with Gasteiger partial charge < -0.3 is 19.9 Å². The van der Waals surface area contributed by atoms with Crippen LogP contribution in [0.2, 0.25) is 0 Å². The Labute approximate surface area is 211 Å². The van der Waals surface area contributed by atoms with Crippen LogP contribution < -0.4 is 15.0 Å². The lowest BCUT2D eigenvalue weighted by Crippen LogP contribution is -2.50. The Balaban J connectivity index is 1.11. The molecule has 0 unspecified atom stereocenters. The van der Waals surface area contributed by atoms with Crippen molar-refractivity contribution in [1.82, 2.24) is 4.90 Å². The summed E-state index contributed by atoms with van der Waals surface area (Å²) in [5.74, 6) is 1.60. The molecule has 3 aliphatic rings. The average molecular weight is 482 g/mol. The van der Waals surface area contributed by atoms with Crippen LogP contribution in [0.15, 0.2) is 72.8 Å². The van der Waals surface area contributed by atoms with Crippen LogP contribution in [0.5, 0.6) is 11.5 Å². The molecule has 0 bridgehead atoms. The summed E-state index contributed by atoms with van der Waals surface area (Å²) < 4.78 is 6.08. The highest BCUT2D eigenvalue weighted by Gasteiger charge is 2.36. The summed E-state index contributed by atoms with van der Waals surface area (Å²) in [6.07, 6.45) is 4.30. The van der Waals surface area contributed by atoms with Crippen molar-refractivity contribution in [2.24, 2.45) is 5.92 Å². The molecule has 3 aromatic carbocycles. The average Bonchev–Trinajstić information content (AvgIpc) is 3.47. The third kappa shape index (κ3) is 4.32. The lowest BCUT2D eigenvalue weighted by atomic mass is 9.86. The molecule has 0 atom stereocenters. The molecule has 1 aliphatic carbocycles. The molecule has 6 heteroatoms. The van der Waals surface area contributed by atoms with Gasteiger partial charge in [-0.3, -0.25) is 9.59 Å². The first-order chi connectivity index (χ1) is 17.7. The number of nitrogens with zero attached hydrogens (tertiary/aromatic N) is 2. The Kier molecular flexibility index (Phi) is 6.09. The number of hydrogen-bond donors (Lipinski definition) is 1. The SMILES string of the molecule is O=C(Nc1ccc(N2CCN(C(=O)C3c4ccccc4Oc4ccccc43)CC2)cc1)C1CCCC1. The zero-order valence-electron chi connectivity index (χ0n) is 20.4. The number of anilines is 2. The zero-order valence-corrected chi connectivity index (χ0v) is 20.4. The molecule has 1 N–H and O–H groups in total. The van der Waals surface area contributed by atoms with Crippen molar-refractivity contribution in [3.8, 4) is 11.5 Å². The molecular weight excluding hydrogens is 450 g/mol. The fraction of sp³-hybridized carbons (Fsp3) is 0.333. The highest BCUT2D eigenvalue weighted by Crippen LogP contribution is 2.44. The number of piperazine rings is 1. The summed E-state index contributed by atoms with van der Waals surface area (Å²) >= 11 is 0. The quantitative estimate of drug-likeness (QED) is 0.542. The number of benzene rings is 3. The van der Waals surface area contributed by atoms with E-state index in [1.165, 1.54) is 0 Å². The van der Waals surface area contributed by atoms with Gasteiger partial charge >= 0.3 is 0 Å². The molecule has 2 amide bonds. The fourth-order valence-corrected chi connectivity index (χ4v) is 5.73. The second kappa shape index (κ2) is 9.69. The highest BCUT2D eigenvalue weighted by molar-refractivity contribution is 5.93. The van der Waals surface area contributed by atoms with Gasteiger partial charge in [0.1, 0.15) is 11.5 Å². The first kappa shape index (κ1) is 22.7. The second-order valence-corrected chi connectivity index (χ2v) is 9.94. The smallest absolute Gasteiger partial charge is 0.234 e. The minimum Gasteiger partial charge on any atom is -0.457 e. The van der Waals surface area contributed by atoms with Gasteiger partial charge in [0, 0.05) is 54.6 Å². The van der Waals surface area contributed by atoms with Gasteiger partial charge in [0.15, 0.2) is 0 Å². The predicted octanol–water partition coefficient (Wildman–Crippen LogP) is 5.40. The van der Waals surface area contributed by atoms with Crippen molar-refractivity contribution in [1.29, 1.82) is 0 Å². The Bertz CT molecular complexity index is 1210. The molecule has 2 fully saturated rings. The van der Waals surface area contributed by atoms with Crippen molar-refractivity contribution in [3.63, 3.8) is 0 Å².